The summed E-state index contributed by atoms with van der Waals surface area (Å²) in [6.07, 6.45) is 6.27. The first-order chi connectivity index (χ1) is 11.1. The Bertz CT molecular complexity index is 614. The molecule has 0 N–H and O–H groups in total. The van der Waals surface area contributed by atoms with Gasteiger partial charge in [-0.15, -0.1) is 0 Å². The van der Waals surface area contributed by atoms with Crippen LogP contribution in [0.1, 0.15) is 12.0 Å². The van der Waals surface area contributed by atoms with Gasteiger partial charge in [0.05, 0.1) is 27.9 Å². The number of nitrogens with zero attached hydrogens (tertiary/aromatic N) is 1. The predicted octanol–water partition coefficient (Wildman–Crippen LogP) is 3.24. The Morgan fingerprint density at radius 2 is 1.83 bits per heavy atom. The van der Waals surface area contributed by atoms with E-state index in [1.54, 1.807) is 50.5 Å². The van der Waals surface area contributed by atoms with Crippen LogP contribution in [-0.2, 0) is 4.79 Å². The SMILES string of the molecule is COc1cc(/C=C/C(=O)N2CCC=C(Br)C2)cc(OC)c1OC. The van der Waals surface area contributed by atoms with Crippen LogP contribution in [0.15, 0.2) is 28.8 Å². The van der Waals surface area contributed by atoms with E-state index in [0.29, 0.717) is 23.8 Å². The summed E-state index contributed by atoms with van der Waals surface area (Å²) < 4.78 is 16.9. The molecular formula is C17H20BrNO4. The molecule has 0 radical (unpaired) electrons. The molecule has 1 aromatic rings. The number of benzene rings is 1. The molecule has 0 saturated carbocycles. The largest absolute Gasteiger partial charge is 0.493 e. The highest BCUT2D eigenvalue weighted by Gasteiger charge is 2.15. The summed E-state index contributed by atoms with van der Waals surface area (Å²) in [6, 6.07) is 3.61. The summed E-state index contributed by atoms with van der Waals surface area (Å²) in [4.78, 5) is 14.0. The van der Waals surface area contributed by atoms with Crippen molar-refractivity contribution in [2.45, 2.75) is 6.42 Å². The van der Waals surface area contributed by atoms with E-state index in [1.165, 1.54) is 0 Å². The van der Waals surface area contributed by atoms with Gasteiger partial charge in [0.15, 0.2) is 11.5 Å². The maximum absolute atomic E-state index is 12.3. The van der Waals surface area contributed by atoms with Gasteiger partial charge in [-0.05, 0) is 30.2 Å². The lowest BCUT2D eigenvalue weighted by molar-refractivity contribution is -0.125. The number of halogens is 1. The van der Waals surface area contributed by atoms with Crippen molar-refractivity contribution in [3.63, 3.8) is 0 Å². The molecule has 6 heteroatoms. The van der Waals surface area contributed by atoms with Crippen molar-refractivity contribution in [2.24, 2.45) is 0 Å². The van der Waals surface area contributed by atoms with E-state index in [9.17, 15) is 4.79 Å². The average molecular weight is 382 g/mol. The summed E-state index contributed by atoms with van der Waals surface area (Å²) in [5.74, 6) is 1.62. The number of carbonyl (C=O) groups is 1. The van der Waals surface area contributed by atoms with Crippen LogP contribution in [0, 0.1) is 0 Å². The van der Waals surface area contributed by atoms with Crippen LogP contribution < -0.4 is 14.2 Å². The molecule has 23 heavy (non-hydrogen) atoms. The Hall–Kier alpha value is -1.95. The number of hydrogen-bond donors (Lipinski definition) is 0. The average Bonchev–Trinajstić information content (AvgIpc) is 2.58. The van der Waals surface area contributed by atoms with Gasteiger partial charge in [-0.1, -0.05) is 22.0 Å². The third-order valence-electron chi connectivity index (χ3n) is 3.52. The molecule has 0 unspecified atom stereocenters. The molecule has 0 fully saturated rings. The highest BCUT2D eigenvalue weighted by atomic mass is 79.9. The fourth-order valence-electron chi connectivity index (χ4n) is 2.36. The second-order valence-corrected chi connectivity index (χ2v) is 6.01. The van der Waals surface area contributed by atoms with Crippen LogP contribution in [0.3, 0.4) is 0 Å². The highest BCUT2D eigenvalue weighted by molar-refractivity contribution is 9.11. The molecule has 1 aliphatic heterocycles. The molecule has 1 aliphatic rings. The molecule has 0 saturated heterocycles. The van der Waals surface area contributed by atoms with E-state index < -0.39 is 0 Å². The quantitative estimate of drug-likeness (QED) is 0.734. The minimum atomic E-state index is -0.0243. The lowest BCUT2D eigenvalue weighted by Gasteiger charge is -2.24. The molecule has 124 valence electrons. The van der Waals surface area contributed by atoms with Crippen molar-refractivity contribution in [3.05, 3.63) is 34.3 Å². The molecule has 0 bridgehead atoms. The second-order valence-electron chi connectivity index (χ2n) is 4.99. The molecule has 1 aromatic carbocycles. The van der Waals surface area contributed by atoms with Gasteiger partial charge in [0.25, 0.3) is 0 Å². The molecule has 0 spiro atoms. The predicted molar refractivity (Wildman–Crippen MR) is 93.3 cm³/mol. The summed E-state index contributed by atoms with van der Waals surface area (Å²) in [5, 5.41) is 0. The summed E-state index contributed by atoms with van der Waals surface area (Å²) in [5.41, 5.74) is 0.805. The molecule has 1 heterocycles. The van der Waals surface area contributed by atoms with Crippen molar-refractivity contribution in [2.75, 3.05) is 34.4 Å². The highest BCUT2D eigenvalue weighted by Crippen LogP contribution is 2.38. The molecule has 0 aliphatic carbocycles. The Morgan fingerprint density at radius 3 is 2.35 bits per heavy atom. The zero-order valence-corrected chi connectivity index (χ0v) is 15.1. The number of carbonyl (C=O) groups excluding carboxylic acids is 1. The first-order valence-corrected chi connectivity index (χ1v) is 8.00. The van der Waals surface area contributed by atoms with Crippen LogP contribution in [0.5, 0.6) is 17.2 Å². The zero-order chi connectivity index (χ0) is 16.8. The van der Waals surface area contributed by atoms with E-state index in [1.807, 2.05) is 0 Å². The first-order valence-electron chi connectivity index (χ1n) is 7.20. The van der Waals surface area contributed by atoms with Crippen LogP contribution in [0.4, 0.5) is 0 Å². The number of methoxy groups -OCH3 is 3. The van der Waals surface area contributed by atoms with Crippen molar-refractivity contribution in [3.8, 4) is 17.2 Å². The Labute approximate surface area is 144 Å². The number of rotatable bonds is 5. The fraction of sp³-hybridized carbons (Fsp3) is 0.353. The third kappa shape index (κ3) is 4.28. The van der Waals surface area contributed by atoms with Crippen molar-refractivity contribution >= 4 is 27.9 Å². The summed E-state index contributed by atoms with van der Waals surface area (Å²) in [7, 11) is 4.68. The Morgan fingerprint density at radius 1 is 1.17 bits per heavy atom. The normalized spacial score (nSPS) is 14.6. The maximum atomic E-state index is 12.3. The van der Waals surface area contributed by atoms with E-state index in [0.717, 1.165) is 23.0 Å². The minimum absolute atomic E-state index is 0.0243. The summed E-state index contributed by atoms with van der Waals surface area (Å²) in [6.45, 7) is 1.34. The van der Waals surface area contributed by atoms with Crippen LogP contribution >= 0.6 is 15.9 Å². The minimum Gasteiger partial charge on any atom is -0.493 e. The van der Waals surface area contributed by atoms with E-state index >= 15 is 0 Å². The maximum Gasteiger partial charge on any atom is 0.246 e. The van der Waals surface area contributed by atoms with Gasteiger partial charge in [0.1, 0.15) is 0 Å². The van der Waals surface area contributed by atoms with Crippen LogP contribution in [0.25, 0.3) is 6.08 Å². The lowest BCUT2D eigenvalue weighted by Crippen LogP contribution is -2.33. The van der Waals surface area contributed by atoms with Crippen LogP contribution in [0.2, 0.25) is 0 Å². The van der Waals surface area contributed by atoms with E-state index in [-0.39, 0.29) is 5.91 Å². The Balaban J connectivity index is 2.19. The molecular weight excluding hydrogens is 362 g/mol. The molecule has 0 atom stereocenters. The van der Waals surface area contributed by atoms with E-state index in [4.69, 9.17) is 14.2 Å². The molecule has 0 aromatic heterocycles. The van der Waals surface area contributed by atoms with Crippen molar-refractivity contribution in [1.29, 1.82) is 0 Å². The smallest absolute Gasteiger partial charge is 0.246 e. The van der Waals surface area contributed by atoms with Crippen molar-refractivity contribution in [1.82, 2.24) is 4.90 Å². The van der Waals surface area contributed by atoms with Gasteiger partial charge in [-0.2, -0.15) is 0 Å². The number of amides is 1. The third-order valence-corrected chi connectivity index (χ3v) is 4.10. The molecule has 2 rings (SSSR count). The van der Waals surface area contributed by atoms with Gasteiger partial charge in [-0.3, -0.25) is 4.79 Å². The van der Waals surface area contributed by atoms with Crippen LogP contribution in [-0.4, -0.2) is 45.2 Å². The number of ether oxygens (including phenoxy) is 3. The monoisotopic (exact) mass is 381 g/mol. The lowest BCUT2D eigenvalue weighted by atomic mass is 10.1. The topological polar surface area (TPSA) is 48.0 Å². The fourth-order valence-corrected chi connectivity index (χ4v) is 2.89. The first kappa shape index (κ1) is 17.4. The zero-order valence-electron chi connectivity index (χ0n) is 13.5. The molecule has 5 nitrogen and oxygen atoms in total. The second kappa shape index (κ2) is 8.06. The van der Waals surface area contributed by atoms with Gasteiger partial charge < -0.3 is 19.1 Å². The van der Waals surface area contributed by atoms with Gasteiger partial charge in [-0.25, -0.2) is 0 Å². The van der Waals surface area contributed by atoms with Gasteiger partial charge >= 0.3 is 0 Å². The summed E-state index contributed by atoms with van der Waals surface area (Å²) >= 11 is 3.44. The number of hydrogen-bond acceptors (Lipinski definition) is 4. The Kier molecular flexibility index (Phi) is 6.10. The van der Waals surface area contributed by atoms with Gasteiger partial charge in [0.2, 0.25) is 11.7 Å². The standard InChI is InChI=1S/C17H20BrNO4/c1-21-14-9-12(10-15(22-2)17(14)23-3)6-7-16(20)19-8-4-5-13(18)11-19/h5-7,9-10H,4,8,11H2,1-3H3/b7-6+. The van der Waals surface area contributed by atoms with Crippen molar-refractivity contribution < 1.29 is 19.0 Å². The molecule has 1 amide bonds. The van der Waals surface area contributed by atoms with E-state index in [2.05, 4.69) is 22.0 Å². The van der Waals surface area contributed by atoms with Gasteiger partial charge in [0, 0.05) is 17.1 Å².